The second-order valence-electron chi connectivity index (χ2n) is 3.47. The smallest absolute Gasteiger partial charge is 0.265 e. The molecular formula is C12H8N2OS2. The number of hydrogen-bond acceptors (Lipinski definition) is 4. The molecule has 1 heterocycles. The highest BCUT2D eigenvalue weighted by Gasteiger charge is 2.28. The zero-order valence-electron chi connectivity index (χ0n) is 9.01. The van der Waals surface area contributed by atoms with Crippen molar-refractivity contribution in [3.05, 3.63) is 40.3 Å². The highest BCUT2D eigenvalue weighted by Crippen LogP contribution is 2.31. The van der Waals surface area contributed by atoms with Crippen LogP contribution in [0.1, 0.15) is 11.1 Å². The molecule has 0 aromatic heterocycles. The Balaban J connectivity index is 2.28. The number of carbonyl (C=O) groups is 1. The number of benzene rings is 1. The minimum absolute atomic E-state index is 0.0793. The van der Waals surface area contributed by atoms with Gasteiger partial charge in [0.25, 0.3) is 5.91 Å². The van der Waals surface area contributed by atoms with Crippen molar-refractivity contribution in [3.63, 3.8) is 0 Å². The van der Waals surface area contributed by atoms with Gasteiger partial charge in [-0.1, -0.05) is 36.1 Å². The molecule has 1 aromatic rings. The van der Waals surface area contributed by atoms with Gasteiger partial charge in [0.05, 0.1) is 16.5 Å². The molecule has 1 aromatic carbocycles. The van der Waals surface area contributed by atoms with E-state index in [1.54, 1.807) is 37.4 Å². The molecule has 17 heavy (non-hydrogen) atoms. The fourth-order valence-electron chi connectivity index (χ4n) is 1.35. The van der Waals surface area contributed by atoms with Crippen LogP contribution >= 0.6 is 24.0 Å². The van der Waals surface area contributed by atoms with Crippen molar-refractivity contribution in [3.8, 4) is 6.07 Å². The van der Waals surface area contributed by atoms with Crippen molar-refractivity contribution < 1.29 is 4.79 Å². The van der Waals surface area contributed by atoms with Crippen molar-refractivity contribution in [2.45, 2.75) is 0 Å². The van der Waals surface area contributed by atoms with Crippen LogP contribution in [0.4, 0.5) is 0 Å². The fraction of sp³-hybridized carbons (Fsp3) is 0.0833. The molecule has 0 atom stereocenters. The van der Waals surface area contributed by atoms with Gasteiger partial charge >= 0.3 is 0 Å². The maximum absolute atomic E-state index is 11.7. The molecule has 0 radical (unpaired) electrons. The predicted octanol–water partition coefficient (Wildman–Crippen LogP) is 2.39. The summed E-state index contributed by atoms with van der Waals surface area (Å²) in [6.07, 6.45) is 1.78. The van der Waals surface area contributed by atoms with E-state index in [0.717, 1.165) is 5.56 Å². The Morgan fingerprint density at radius 1 is 1.41 bits per heavy atom. The standard InChI is InChI=1S/C12H8N2OS2/c1-14-11(15)10(17-12(14)16)6-8-2-4-9(7-13)5-3-8/h2-6H,1H3/b10-6+. The lowest BCUT2D eigenvalue weighted by Gasteiger charge is -2.03. The number of rotatable bonds is 1. The zero-order chi connectivity index (χ0) is 12.4. The van der Waals surface area contributed by atoms with Crippen LogP contribution in [-0.4, -0.2) is 22.2 Å². The number of hydrogen-bond donors (Lipinski definition) is 0. The quantitative estimate of drug-likeness (QED) is 0.574. The molecule has 0 aliphatic carbocycles. The summed E-state index contributed by atoms with van der Waals surface area (Å²) in [7, 11) is 1.66. The van der Waals surface area contributed by atoms with E-state index in [9.17, 15) is 4.79 Å². The van der Waals surface area contributed by atoms with Gasteiger partial charge in [-0.3, -0.25) is 9.69 Å². The molecule has 5 heteroatoms. The highest BCUT2D eigenvalue weighted by molar-refractivity contribution is 8.26. The first-order valence-electron chi connectivity index (χ1n) is 4.83. The van der Waals surface area contributed by atoms with Gasteiger partial charge in [0, 0.05) is 7.05 Å². The Morgan fingerprint density at radius 3 is 2.53 bits per heavy atom. The van der Waals surface area contributed by atoms with Crippen molar-refractivity contribution in [1.29, 1.82) is 5.26 Å². The Kier molecular flexibility index (Phi) is 3.27. The van der Waals surface area contributed by atoms with E-state index < -0.39 is 0 Å². The highest BCUT2D eigenvalue weighted by atomic mass is 32.2. The van der Waals surface area contributed by atoms with Crippen LogP contribution in [0.25, 0.3) is 6.08 Å². The second-order valence-corrected chi connectivity index (χ2v) is 5.15. The Hall–Kier alpha value is -1.64. The lowest BCUT2D eigenvalue weighted by Crippen LogP contribution is -2.22. The zero-order valence-corrected chi connectivity index (χ0v) is 10.6. The largest absolute Gasteiger partial charge is 0.296 e. The lowest BCUT2D eigenvalue weighted by atomic mass is 10.1. The first kappa shape index (κ1) is 11.8. The number of thiocarbonyl (C=S) groups is 1. The molecule has 1 saturated heterocycles. The van der Waals surface area contributed by atoms with Gasteiger partial charge < -0.3 is 0 Å². The number of nitriles is 1. The molecule has 0 bridgehead atoms. The number of carbonyl (C=O) groups excluding carboxylic acids is 1. The molecule has 0 N–H and O–H groups in total. The van der Waals surface area contributed by atoms with Gasteiger partial charge in [-0.2, -0.15) is 5.26 Å². The molecule has 1 aliphatic rings. The van der Waals surface area contributed by atoms with Crippen molar-refractivity contribution in [1.82, 2.24) is 4.90 Å². The average Bonchev–Trinajstić information content (AvgIpc) is 2.58. The van der Waals surface area contributed by atoms with E-state index in [1.807, 2.05) is 6.07 Å². The summed E-state index contributed by atoms with van der Waals surface area (Å²) in [5, 5.41) is 8.68. The molecule has 3 nitrogen and oxygen atoms in total. The summed E-state index contributed by atoms with van der Waals surface area (Å²) in [5.74, 6) is -0.0793. The van der Waals surface area contributed by atoms with Crippen molar-refractivity contribution in [2.75, 3.05) is 7.05 Å². The molecule has 0 unspecified atom stereocenters. The monoisotopic (exact) mass is 260 g/mol. The Morgan fingerprint density at radius 2 is 2.06 bits per heavy atom. The van der Waals surface area contributed by atoms with E-state index in [1.165, 1.54) is 16.7 Å². The third-order valence-electron chi connectivity index (χ3n) is 2.32. The Bertz CT molecular complexity index is 555. The first-order chi connectivity index (χ1) is 8.11. The van der Waals surface area contributed by atoms with Gasteiger partial charge in [-0.15, -0.1) is 0 Å². The maximum atomic E-state index is 11.7. The van der Waals surface area contributed by atoms with E-state index in [-0.39, 0.29) is 5.91 Å². The third-order valence-corrected chi connectivity index (χ3v) is 3.81. The number of likely N-dealkylation sites (N-methyl/N-ethyl adjacent to an activating group) is 1. The van der Waals surface area contributed by atoms with Crippen LogP contribution in [-0.2, 0) is 4.79 Å². The van der Waals surface area contributed by atoms with E-state index in [0.29, 0.717) is 14.8 Å². The first-order valence-corrected chi connectivity index (χ1v) is 6.06. The predicted molar refractivity (Wildman–Crippen MR) is 72.1 cm³/mol. The molecular weight excluding hydrogens is 252 g/mol. The summed E-state index contributed by atoms with van der Waals surface area (Å²) in [5.41, 5.74) is 1.49. The van der Waals surface area contributed by atoms with Crippen LogP contribution < -0.4 is 0 Å². The number of amides is 1. The minimum Gasteiger partial charge on any atom is -0.296 e. The number of nitrogens with zero attached hydrogens (tertiary/aromatic N) is 2. The molecule has 84 valence electrons. The molecule has 2 rings (SSSR count). The molecule has 1 amide bonds. The van der Waals surface area contributed by atoms with Crippen molar-refractivity contribution >= 4 is 40.3 Å². The van der Waals surface area contributed by atoms with Crippen LogP contribution in [0.15, 0.2) is 29.2 Å². The van der Waals surface area contributed by atoms with Gasteiger partial charge in [0.2, 0.25) is 0 Å². The molecule has 1 aliphatic heterocycles. The van der Waals surface area contributed by atoms with Gasteiger partial charge in [-0.05, 0) is 23.8 Å². The lowest BCUT2D eigenvalue weighted by molar-refractivity contribution is -0.121. The number of thioether (sulfide) groups is 1. The van der Waals surface area contributed by atoms with Gasteiger partial charge in [0.1, 0.15) is 4.32 Å². The molecule has 0 spiro atoms. The molecule has 1 fully saturated rings. The topological polar surface area (TPSA) is 44.1 Å². The van der Waals surface area contributed by atoms with E-state index >= 15 is 0 Å². The summed E-state index contributed by atoms with van der Waals surface area (Å²) < 4.78 is 0.565. The van der Waals surface area contributed by atoms with Gasteiger partial charge in [0.15, 0.2) is 0 Å². The van der Waals surface area contributed by atoms with Crippen LogP contribution in [0.3, 0.4) is 0 Å². The normalized spacial score (nSPS) is 17.6. The average molecular weight is 260 g/mol. The second kappa shape index (κ2) is 4.70. The third kappa shape index (κ3) is 2.38. The summed E-state index contributed by atoms with van der Waals surface area (Å²) in [4.78, 5) is 13.8. The summed E-state index contributed by atoms with van der Waals surface area (Å²) >= 11 is 6.33. The van der Waals surface area contributed by atoms with Crippen molar-refractivity contribution in [2.24, 2.45) is 0 Å². The maximum Gasteiger partial charge on any atom is 0.265 e. The van der Waals surface area contributed by atoms with E-state index in [4.69, 9.17) is 17.5 Å². The van der Waals surface area contributed by atoms with Crippen LogP contribution in [0.2, 0.25) is 0 Å². The fourth-order valence-corrected chi connectivity index (χ4v) is 2.53. The van der Waals surface area contributed by atoms with E-state index in [2.05, 4.69) is 0 Å². The van der Waals surface area contributed by atoms with Crippen LogP contribution in [0.5, 0.6) is 0 Å². The minimum atomic E-state index is -0.0793. The SMILES string of the molecule is CN1C(=O)/C(=C\c2ccc(C#N)cc2)SC1=S. The summed E-state index contributed by atoms with van der Waals surface area (Å²) in [6, 6.07) is 9.10. The Labute approximate surface area is 109 Å². The molecule has 0 saturated carbocycles. The van der Waals surface area contributed by atoms with Crippen LogP contribution in [0, 0.1) is 11.3 Å². The summed E-state index contributed by atoms with van der Waals surface area (Å²) in [6.45, 7) is 0. The van der Waals surface area contributed by atoms with Gasteiger partial charge in [-0.25, -0.2) is 0 Å².